The Bertz CT molecular complexity index is 1140. The second kappa shape index (κ2) is 13.4. The standard InChI is InChI=1S/C31H43N5O/c1-4-5-6-7-8-11-23-14-18-25(19-15-23)30(37)32-22-24-16-20-26(21-17-24)33-31-34-28-13-10-9-12-27(28)29(35-31)36(2)3/h9-10,12-15,18-19,24,26H,4-8,11,16-17,20-22H2,1-3H3,(H,32,37)(H,33,34,35)/t24-,26+. The smallest absolute Gasteiger partial charge is 0.251 e. The van der Waals surface area contributed by atoms with Crippen molar-refractivity contribution in [3.05, 3.63) is 59.7 Å². The van der Waals surface area contributed by atoms with Gasteiger partial charge in [-0.05, 0) is 74.3 Å². The molecule has 1 aromatic heterocycles. The molecule has 198 valence electrons. The zero-order valence-corrected chi connectivity index (χ0v) is 22.8. The van der Waals surface area contributed by atoms with E-state index < -0.39 is 0 Å². The third-order valence-corrected chi connectivity index (χ3v) is 7.52. The third kappa shape index (κ3) is 7.67. The van der Waals surface area contributed by atoms with Crippen LogP contribution in [0.15, 0.2) is 48.5 Å². The summed E-state index contributed by atoms with van der Waals surface area (Å²) in [5.74, 6) is 2.18. The van der Waals surface area contributed by atoms with Crippen molar-refractivity contribution in [3.8, 4) is 0 Å². The maximum Gasteiger partial charge on any atom is 0.251 e. The van der Waals surface area contributed by atoms with Crippen molar-refractivity contribution >= 4 is 28.6 Å². The van der Waals surface area contributed by atoms with Gasteiger partial charge in [0.2, 0.25) is 5.95 Å². The highest BCUT2D eigenvalue weighted by atomic mass is 16.1. The van der Waals surface area contributed by atoms with Gasteiger partial charge in [-0.15, -0.1) is 0 Å². The number of unbranched alkanes of at least 4 members (excludes halogenated alkanes) is 4. The number of hydrogen-bond donors (Lipinski definition) is 2. The Balaban J connectivity index is 1.21. The van der Waals surface area contributed by atoms with E-state index in [9.17, 15) is 4.79 Å². The van der Waals surface area contributed by atoms with E-state index in [2.05, 4.69) is 35.8 Å². The predicted octanol–water partition coefficient (Wildman–Crippen LogP) is 6.61. The number of fused-ring (bicyclic) bond motifs is 1. The molecule has 1 amide bonds. The summed E-state index contributed by atoms with van der Waals surface area (Å²) >= 11 is 0. The molecule has 0 radical (unpaired) electrons. The van der Waals surface area contributed by atoms with E-state index in [1.54, 1.807) is 0 Å². The average molecular weight is 502 g/mol. The van der Waals surface area contributed by atoms with E-state index in [1.165, 1.54) is 37.7 Å². The molecule has 1 fully saturated rings. The number of hydrogen-bond acceptors (Lipinski definition) is 5. The molecule has 37 heavy (non-hydrogen) atoms. The Kier molecular flexibility index (Phi) is 9.75. The van der Waals surface area contributed by atoms with E-state index in [0.717, 1.165) is 60.9 Å². The van der Waals surface area contributed by atoms with Crippen LogP contribution in [-0.2, 0) is 6.42 Å². The number of anilines is 2. The maximum absolute atomic E-state index is 12.7. The molecule has 2 aromatic carbocycles. The molecular formula is C31H43N5O. The number of carbonyl (C=O) groups is 1. The Hall–Kier alpha value is -3.15. The monoisotopic (exact) mass is 501 g/mol. The summed E-state index contributed by atoms with van der Waals surface area (Å²) in [5, 5.41) is 7.81. The Morgan fingerprint density at radius 1 is 0.919 bits per heavy atom. The number of para-hydroxylation sites is 1. The highest BCUT2D eigenvalue weighted by molar-refractivity contribution is 5.94. The van der Waals surface area contributed by atoms with Gasteiger partial charge in [-0.1, -0.05) is 56.9 Å². The molecule has 0 saturated heterocycles. The highest BCUT2D eigenvalue weighted by Crippen LogP contribution is 2.28. The number of nitrogens with zero attached hydrogens (tertiary/aromatic N) is 3. The van der Waals surface area contributed by atoms with Crippen molar-refractivity contribution in [1.29, 1.82) is 0 Å². The average Bonchev–Trinajstić information content (AvgIpc) is 2.92. The molecule has 0 aliphatic heterocycles. The molecule has 0 unspecified atom stereocenters. The highest BCUT2D eigenvalue weighted by Gasteiger charge is 2.23. The predicted molar refractivity (Wildman–Crippen MR) is 154 cm³/mol. The first kappa shape index (κ1) is 26.9. The van der Waals surface area contributed by atoms with Gasteiger partial charge in [0.25, 0.3) is 5.91 Å². The molecule has 1 aliphatic rings. The molecule has 2 N–H and O–H groups in total. The van der Waals surface area contributed by atoms with Crippen LogP contribution in [0.25, 0.3) is 10.9 Å². The van der Waals surface area contributed by atoms with Gasteiger partial charge in [-0.25, -0.2) is 4.98 Å². The van der Waals surface area contributed by atoms with E-state index in [0.29, 0.717) is 17.9 Å². The summed E-state index contributed by atoms with van der Waals surface area (Å²) in [6.07, 6.45) is 11.8. The van der Waals surface area contributed by atoms with Crippen LogP contribution < -0.4 is 15.5 Å². The van der Waals surface area contributed by atoms with Crippen LogP contribution in [0.5, 0.6) is 0 Å². The van der Waals surface area contributed by atoms with Gasteiger partial charge in [-0.3, -0.25) is 4.79 Å². The number of aromatic nitrogens is 2. The van der Waals surface area contributed by atoms with E-state index in [-0.39, 0.29) is 5.91 Å². The molecule has 3 aromatic rings. The van der Waals surface area contributed by atoms with Crippen LogP contribution >= 0.6 is 0 Å². The minimum Gasteiger partial charge on any atom is -0.362 e. The van der Waals surface area contributed by atoms with Gasteiger partial charge >= 0.3 is 0 Å². The lowest BCUT2D eigenvalue weighted by Gasteiger charge is -2.29. The summed E-state index contributed by atoms with van der Waals surface area (Å²) in [6.45, 7) is 2.98. The number of aryl methyl sites for hydroxylation is 1. The molecule has 1 heterocycles. The lowest BCUT2D eigenvalue weighted by molar-refractivity contribution is 0.0943. The minimum atomic E-state index is 0.0375. The molecule has 4 rings (SSSR count). The molecule has 1 aliphatic carbocycles. The van der Waals surface area contributed by atoms with E-state index in [4.69, 9.17) is 9.97 Å². The van der Waals surface area contributed by atoms with Crippen LogP contribution in [-0.4, -0.2) is 42.6 Å². The lowest BCUT2D eigenvalue weighted by atomic mass is 9.86. The van der Waals surface area contributed by atoms with Gasteiger partial charge in [0.15, 0.2) is 0 Å². The Labute approximate surface area is 222 Å². The van der Waals surface area contributed by atoms with Crippen LogP contribution in [0, 0.1) is 5.92 Å². The zero-order chi connectivity index (χ0) is 26.0. The minimum absolute atomic E-state index is 0.0375. The quantitative estimate of drug-likeness (QED) is 0.273. The number of amides is 1. The lowest BCUT2D eigenvalue weighted by Crippen LogP contribution is -2.34. The number of rotatable bonds is 12. The van der Waals surface area contributed by atoms with Crippen LogP contribution in [0.2, 0.25) is 0 Å². The normalized spacial score (nSPS) is 17.5. The fourth-order valence-electron chi connectivity index (χ4n) is 5.25. The van der Waals surface area contributed by atoms with Gasteiger partial charge in [-0.2, -0.15) is 4.98 Å². The topological polar surface area (TPSA) is 70.2 Å². The van der Waals surface area contributed by atoms with Crippen molar-refractivity contribution in [2.45, 2.75) is 77.2 Å². The first-order valence-corrected chi connectivity index (χ1v) is 14.1. The van der Waals surface area contributed by atoms with Gasteiger partial charge < -0.3 is 15.5 Å². The fraction of sp³-hybridized carbons (Fsp3) is 0.516. The molecule has 6 heteroatoms. The molecule has 6 nitrogen and oxygen atoms in total. The second-order valence-electron chi connectivity index (χ2n) is 10.7. The summed E-state index contributed by atoms with van der Waals surface area (Å²) in [7, 11) is 4.03. The SMILES string of the molecule is CCCCCCCc1ccc(C(=O)NC[C@H]2CC[C@@H](Nc3nc(N(C)C)c4ccccc4n3)CC2)cc1. The molecule has 0 bridgehead atoms. The number of carbonyl (C=O) groups excluding carboxylic acids is 1. The van der Waals surface area contributed by atoms with E-state index >= 15 is 0 Å². The third-order valence-electron chi connectivity index (χ3n) is 7.52. The largest absolute Gasteiger partial charge is 0.362 e. The summed E-state index contributed by atoms with van der Waals surface area (Å²) < 4.78 is 0. The van der Waals surface area contributed by atoms with Crippen LogP contribution in [0.3, 0.4) is 0 Å². The van der Waals surface area contributed by atoms with Crippen molar-refractivity contribution in [3.63, 3.8) is 0 Å². The maximum atomic E-state index is 12.7. The van der Waals surface area contributed by atoms with Crippen LogP contribution in [0.1, 0.15) is 80.6 Å². The number of nitrogens with one attached hydrogen (secondary N) is 2. The van der Waals surface area contributed by atoms with Gasteiger partial charge in [0, 0.05) is 37.6 Å². The van der Waals surface area contributed by atoms with Crippen molar-refractivity contribution in [1.82, 2.24) is 15.3 Å². The van der Waals surface area contributed by atoms with Gasteiger partial charge in [0.1, 0.15) is 5.82 Å². The molecular weight excluding hydrogens is 458 g/mol. The van der Waals surface area contributed by atoms with Crippen molar-refractivity contribution in [2.24, 2.45) is 5.92 Å². The fourth-order valence-corrected chi connectivity index (χ4v) is 5.25. The molecule has 0 atom stereocenters. The van der Waals surface area contributed by atoms with Crippen molar-refractivity contribution in [2.75, 3.05) is 30.9 Å². The molecule has 0 spiro atoms. The summed E-state index contributed by atoms with van der Waals surface area (Å²) in [4.78, 5) is 24.3. The van der Waals surface area contributed by atoms with Gasteiger partial charge in [0.05, 0.1) is 5.52 Å². The van der Waals surface area contributed by atoms with Crippen molar-refractivity contribution < 1.29 is 4.79 Å². The number of benzene rings is 2. The Morgan fingerprint density at radius 2 is 1.65 bits per heavy atom. The first-order chi connectivity index (χ1) is 18.0. The zero-order valence-electron chi connectivity index (χ0n) is 22.8. The summed E-state index contributed by atoms with van der Waals surface area (Å²) in [5.41, 5.74) is 3.04. The van der Waals surface area contributed by atoms with Crippen LogP contribution in [0.4, 0.5) is 11.8 Å². The Morgan fingerprint density at radius 3 is 2.38 bits per heavy atom. The summed E-state index contributed by atoms with van der Waals surface area (Å²) in [6, 6.07) is 16.7. The first-order valence-electron chi connectivity index (χ1n) is 14.1. The second-order valence-corrected chi connectivity index (χ2v) is 10.7. The van der Waals surface area contributed by atoms with E-state index in [1.807, 2.05) is 49.3 Å². The molecule has 1 saturated carbocycles.